The van der Waals surface area contributed by atoms with Gasteiger partial charge in [0.05, 0.1) is 17.8 Å². The van der Waals surface area contributed by atoms with Crippen LogP contribution in [0.15, 0.2) is 47.1 Å². The Labute approximate surface area is 113 Å². The molecule has 0 saturated carbocycles. The molecule has 0 aliphatic rings. The molecule has 0 atom stereocenters. The average molecular weight is 307 g/mol. The number of pyridine rings is 1. The van der Waals surface area contributed by atoms with E-state index in [1.165, 1.54) is 0 Å². The molecule has 1 heterocycles. The number of hydrogen-bond acceptors (Lipinski definition) is 3. The Balaban J connectivity index is 2.10. The second kappa shape index (κ2) is 5.64. The summed E-state index contributed by atoms with van der Waals surface area (Å²) in [6, 6.07) is 10.6. The standard InChI is InChI=1S/C13H11BrN2O2/c14-9-5-6-10(15-7-9)8-16-12-4-2-1-3-11(12)13(17)18/h1-7,16H,8H2,(H,17,18). The van der Waals surface area contributed by atoms with Crippen molar-refractivity contribution < 1.29 is 9.90 Å². The molecule has 2 rings (SSSR count). The predicted octanol–water partition coefficient (Wildman–Crippen LogP) is 3.15. The Morgan fingerprint density at radius 1 is 1.28 bits per heavy atom. The van der Waals surface area contributed by atoms with Gasteiger partial charge in [-0.15, -0.1) is 0 Å². The number of anilines is 1. The first-order chi connectivity index (χ1) is 8.66. The molecule has 0 saturated heterocycles. The molecule has 2 N–H and O–H groups in total. The quantitative estimate of drug-likeness (QED) is 0.911. The second-order valence-electron chi connectivity index (χ2n) is 3.67. The molecule has 0 amide bonds. The molecule has 92 valence electrons. The first-order valence-corrected chi connectivity index (χ1v) is 6.13. The van der Waals surface area contributed by atoms with Gasteiger partial charge in [0.1, 0.15) is 0 Å². The van der Waals surface area contributed by atoms with E-state index in [-0.39, 0.29) is 5.56 Å². The van der Waals surface area contributed by atoms with Crippen molar-refractivity contribution in [2.45, 2.75) is 6.54 Å². The van der Waals surface area contributed by atoms with Crippen molar-refractivity contribution in [3.8, 4) is 0 Å². The third-order valence-corrected chi connectivity index (χ3v) is 2.88. The predicted molar refractivity (Wildman–Crippen MR) is 72.7 cm³/mol. The van der Waals surface area contributed by atoms with Gasteiger partial charge in [-0.25, -0.2) is 4.79 Å². The number of nitrogens with zero attached hydrogens (tertiary/aromatic N) is 1. The van der Waals surface area contributed by atoms with Crippen LogP contribution < -0.4 is 5.32 Å². The summed E-state index contributed by atoms with van der Waals surface area (Å²) in [6.45, 7) is 0.484. The highest BCUT2D eigenvalue weighted by atomic mass is 79.9. The summed E-state index contributed by atoms with van der Waals surface area (Å²) in [6.07, 6.45) is 1.71. The molecule has 0 aliphatic carbocycles. The monoisotopic (exact) mass is 306 g/mol. The maximum absolute atomic E-state index is 11.0. The molecular formula is C13H11BrN2O2. The van der Waals surface area contributed by atoms with E-state index < -0.39 is 5.97 Å². The van der Waals surface area contributed by atoms with Crippen molar-refractivity contribution in [2.75, 3.05) is 5.32 Å². The van der Waals surface area contributed by atoms with Crippen molar-refractivity contribution in [3.63, 3.8) is 0 Å². The average Bonchev–Trinajstić information content (AvgIpc) is 2.38. The lowest BCUT2D eigenvalue weighted by atomic mass is 10.2. The van der Waals surface area contributed by atoms with Gasteiger partial charge < -0.3 is 10.4 Å². The molecule has 18 heavy (non-hydrogen) atoms. The van der Waals surface area contributed by atoms with Gasteiger partial charge >= 0.3 is 5.97 Å². The molecule has 0 spiro atoms. The first kappa shape index (κ1) is 12.6. The van der Waals surface area contributed by atoms with Crippen LogP contribution in [0.4, 0.5) is 5.69 Å². The normalized spacial score (nSPS) is 10.1. The van der Waals surface area contributed by atoms with Gasteiger partial charge in [-0.05, 0) is 40.2 Å². The van der Waals surface area contributed by atoms with Crippen LogP contribution in [-0.2, 0) is 6.54 Å². The number of nitrogens with one attached hydrogen (secondary N) is 1. The van der Waals surface area contributed by atoms with Gasteiger partial charge in [0.25, 0.3) is 0 Å². The molecular weight excluding hydrogens is 296 g/mol. The van der Waals surface area contributed by atoms with Gasteiger partial charge in [-0.3, -0.25) is 4.98 Å². The minimum atomic E-state index is -0.943. The molecule has 0 unspecified atom stereocenters. The number of aromatic nitrogens is 1. The molecule has 1 aromatic carbocycles. The van der Waals surface area contributed by atoms with Crippen LogP contribution in [0, 0.1) is 0 Å². The molecule has 0 aliphatic heterocycles. The van der Waals surface area contributed by atoms with Crippen LogP contribution in [0.1, 0.15) is 16.1 Å². The maximum Gasteiger partial charge on any atom is 0.337 e. The third kappa shape index (κ3) is 3.07. The van der Waals surface area contributed by atoms with Crippen LogP contribution in [-0.4, -0.2) is 16.1 Å². The molecule has 4 nitrogen and oxygen atoms in total. The van der Waals surface area contributed by atoms with Crippen molar-refractivity contribution in [1.82, 2.24) is 4.98 Å². The van der Waals surface area contributed by atoms with E-state index in [2.05, 4.69) is 26.2 Å². The highest BCUT2D eigenvalue weighted by molar-refractivity contribution is 9.10. The number of carbonyl (C=O) groups is 1. The number of aromatic carboxylic acids is 1. The molecule has 0 radical (unpaired) electrons. The van der Waals surface area contributed by atoms with E-state index in [0.29, 0.717) is 12.2 Å². The zero-order chi connectivity index (χ0) is 13.0. The summed E-state index contributed by atoms with van der Waals surface area (Å²) in [5.74, 6) is -0.943. The fourth-order valence-electron chi connectivity index (χ4n) is 1.52. The SMILES string of the molecule is O=C(O)c1ccccc1NCc1ccc(Br)cn1. The Kier molecular flexibility index (Phi) is 3.94. The van der Waals surface area contributed by atoms with Crippen LogP contribution in [0.3, 0.4) is 0 Å². The van der Waals surface area contributed by atoms with Crippen molar-refractivity contribution in [1.29, 1.82) is 0 Å². The topological polar surface area (TPSA) is 62.2 Å². The van der Waals surface area contributed by atoms with Gasteiger partial charge in [0, 0.05) is 16.4 Å². The lowest BCUT2D eigenvalue weighted by molar-refractivity contribution is 0.0698. The van der Waals surface area contributed by atoms with E-state index >= 15 is 0 Å². The first-order valence-electron chi connectivity index (χ1n) is 5.33. The van der Waals surface area contributed by atoms with Crippen LogP contribution in [0.25, 0.3) is 0 Å². The van der Waals surface area contributed by atoms with Crippen LogP contribution >= 0.6 is 15.9 Å². The fourth-order valence-corrected chi connectivity index (χ4v) is 1.76. The summed E-state index contributed by atoms with van der Waals surface area (Å²) in [4.78, 5) is 15.2. The number of hydrogen-bond donors (Lipinski definition) is 2. The Hall–Kier alpha value is -1.88. The molecule has 0 bridgehead atoms. The Morgan fingerprint density at radius 2 is 2.06 bits per heavy atom. The minimum absolute atomic E-state index is 0.259. The zero-order valence-corrected chi connectivity index (χ0v) is 11.0. The third-order valence-electron chi connectivity index (χ3n) is 2.41. The van der Waals surface area contributed by atoms with E-state index in [9.17, 15) is 4.79 Å². The van der Waals surface area contributed by atoms with Crippen molar-refractivity contribution in [3.05, 3.63) is 58.3 Å². The summed E-state index contributed by atoms with van der Waals surface area (Å²) < 4.78 is 0.914. The lowest BCUT2D eigenvalue weighted by Gasteiger charge is -2.08. The number of para-hydroxylation sites is 1. The Morgan fingerprint density at radius 3 is 2.72 bits per heavy atom. The van der Waals surface area contributed by atoms with Crippen molar-refractivity contribution >= 4 is 27.6 Å². The van der Waals surface area contributed by atoms with Gasteiger partial charge in [-0.1, -0.05) is 12.1 Å². The summed E-state index contributed by atoms with van der Waals surface area (Å²) in [5.41, 5.74) is 1.70. The summed E-state index contributed by atoms with van der Waals surface area (Å²) in [5, 5.41) is 12.1. The number of rotatable bonds is 4. The van der Waals surface area contributed by atoms with Gasteiger partial charge in [0.15, 0.2) is 0 Å². The minimum Gasteiger partial charge on any atom is -0.478 e. The highest BCUT2D eigenvalue weighted by Crippen LogP contribution is 2.16. The number of carboxylic acids is 1. The van der Waals surface area contributed by atoms with E-state index in [4.69, 9.17) is 5.11 Å². The van der Waals surface area contributed by atoms with E-state index in [1.807, 2.05) is 12.1 Å². The van der Waals surface area contributed by atoms with Crippen LogP contribution in [0.5, 0.6) is 0 Å². The number of carboxylic acid groups (broad SMARTS) is 1. The molecule has 0 fully saturated rings. The lowest BCUT2D eigenvalue weighted by Crippen LogP contribution is -2.06. The smallest absolute Gasteiger partial charge is 0.337 e. The molecule has 1 aromatic heterocycles. The number of halogens is 1. The summed E-state index contributed by atoms with van der Waals surface area (Å²) >= 11 is 3.31. The van der Waals surface area contributed by atoms with Crippen LogP contribution in [0.2, 0.25) is 0 Å². The Bertz CT molecular complexity index is 555. The van der Waals surface area contributed by atoms with E-state index in [0.717, 1.165) is 10.2 Å². The van der Waals surface area contributed by atoms with Crippen molar-refractivity contribution in [2.24, 2.45) is 0 Å². The second-order valence-corrected chi connectivity index (χ2v) is 4.59. The summed E-state index contributed by atoms with van der Waals surface area (Å²) in [7, 11) is 0. The zero-order valence-electron chi connectivity index (χ0n) is 9.43. The largest absolute Gasteiger partial charge is 0.478 e. The van der Waals surface area contributed by atoms with Gasteiger partial charge in [0.2, 0.25) is 0 Å². The molecule has 5 heteroatoms. The molecule has 2 aromatic rings. The highest BCUT2D eigenvalue weighted by Gasteiger charge is 2.08. The maximum atomic E-state index is 11.0. The fraction of sp³-hybridized carbons (Fsp3) is 0.0769. The number of benzene rings is 1. The van der Waals surface area contributed by atoms with Gasteiger partial charge in [-0.2, -0.15) is 0 Å². The van der Waals surface area contributed by atoms with E-state index in [1.54, 1.807) is 30.5 Å².